The van der Waals surface area contributed by atoms with Gasteiger partial charge in [-0.2, -0.15) is 4.98 Å². The zero-order valence-corrected chi connectivity index (χ0v) is 20.5. The third kappa shape index (κ3) is 5.56. The SMILES string of the molecule is c1ccc(-c2noc(COc3ccc([C@@H]4CCNC[C@H]4OCc4ccc5ccccc5c4)cc3)n2)cc1. The van der Waals surface area contributed by atoms with Gasteiger partial charge in [-0.25, -0.2) is 0 Å². The summed E-state index contributed by atoms with van der Waals surface area (Å²) < 4.78 is 17.7. The number of nitrogens with one attached hydrogen (secondary N) is 1. The first kappa shape index (κ1) is 23.4. The molecule has 6 rings (SSSR count). The first-order valence-electron chi connectivity index (χ1n) is 12.7. The van der Waals surface area contributed by atoms with Crippen LogP contribution in [0.2, 0.25) is 0 Å². The molecule has 1 aromatic heterocycles. The summed E-state index contributed by atoms with van der Waals surface area (Å²) in [6, 6.07) is 33.0. The van der Waals surface area contributed by atoms with E-state index in [0.29, 0.717) is 24.2 Å². The van der Waals surface area contributed by atoms with Gasteiger partial charge < -0.3 is 19.3 Å². The molecule has 5 aromatic rings. The Morgan fingerprint density at radius 3 is 2.51 bits per heavy atom. The van der Waals surface area contributed by atoms with Crippen molar-refractivity contribution in [3.8, 4) is 17.1 Å². The molecule has 0 bridgehead atoms. The first-order chi connectivity index (χ1) is 18.3. The fraction of sp³-hybridized carbons (Fsp3) is 0.226. The fourth-order valence-electron chi connectivity index (χ4n) is 4.89. The first-order valence-corrected chi connectivity index (χ1v) is 12.7. The minimum atomic E-state index is 0.113. The highest BCUT2D eigenvalue weighted by Crippen LogP contribution is 2.30. The van der Waals surface area contributed by atoms with Crippen molar-refractivity contribution < 1.29 is 14.0 Å². The Kier molecular flexibility index (Phi) is 6.92. The van der Waals surface area contributed by atoms with Crippen LogP contribution in [0.25, 0.3) is 22.2 Å². The van der Waals surface area contributed by atoms with E-state index in [-0.39, 0.29) is 12.7 Å². The van der Waals surface area contributed by atoms with Crippen LogP contribution in [0, 0.1) is 0 Å². The van der Waals surface area contributed by atoms with Crippen molar-refractivity contribution >= 4 is 10.8 Å². The summed E-state index contributed by atoms with van der Waals surface area (Å²) in [7, 11) is 0. The van der Waals surface area contributed by atoms with E-state index in [0.717, 1.165) is 30.8 Å². The van der Waals surface area contributed by atoms with Gasteiger partial charge in [0.1, 0.15) is 5.75 Å². The van der Waals surface area contributed by atoms with E-state index in [1.807, 2.05) is 42.5 Å². The molecule has 2 atom stereocenters. The molecular formula is C31H29N3O3. The molecule has 0 spiro atoms. The molecule has 6 nitrogen and oxygen atoms in total. The van der Waals surface area contributed by atoms with E-state index in [2.05, 4.69) is 70.1 Å². The lowest BCUT2D eigenvalue weighted by atomic mass is 9.87. The van der Waals surface area contributed by atoms with Gasteiger partial charge >= 0.3 is 0 Å². The Morgan fingerprint density at radius 2 is 1.65 bits per heavy atom. The molecule has 4 aromatic carbocycles. The van der Waals surface area contributed by atoms with Crippen molar-refractivity contribution in [2.45, 2.75) is 31.7 Å². The second-order valence-corrected chi connectivity index (χ2v) is 9.37. The van der Waals surface area contributed by atoms with E-state index < -0.39 is 0 Å². The molecule has 0 amide bonds. The van der Waals surface area contributed by atoms with Crippen LogP contribution in [0.4, 0.5) is 0 Å². The molecule has 2 heterocycles. The van der Waals surface area contributed by atoms with Crippen LogP contribution in [-0.4, -0.2) is 29.3 Å². The van der Waals surface area contributed by atoms with E-state index in [4.69, 9.17) is 14.0 Å². The van der Waals surface area contributed by atoms with Crippen molar-refractivity contribution in [3.63, 3.8) is 0 Å². The second-order valence-electron chi connectivity index (χ2n) is 9.37. The number of nitrogens with zero attached hydrogens (tertiary/aromatic N) is 2. The van der Waals surface area contributed by atoms with Gasteiger partial charge in [-0.1, -0.05) is 84.0 Å². The standard InChI is InChI=1S/C31H29N3O3/c1-2-7-25(8-3-1)31-33-30(37-34-31)21-35-27-14-12-24(13-15-27)28-16-17-32-19-29(28)36-20-22-10-11-23-6-4-5-9-26(23)18-22/h1-15,18,28-29,32H,16-17,19-21H2/t28-,29+/m0/s1. The van der Waals surface area contributed by atoms with Crippen molar-refractivity contribution in [1.29, 1.82) is 0 Å². The quantitative estimate of drug-likeness (QED) is 0.282. The molecule has 0 unspecified atom stereocenters. The highest BCUT2D eigenvalue weighted by atomic mass is 16.5. The van der Waals surface area contributed by atoms with Crippen molar-refractivity contribution in [1.82, 2.24) is 15.5 Å². The van der Waals surface area contributed by atoms with Crippen LogP contribution in [0.5, 0.6) is 5.75 Å². The molecule has 0 aliphatic carbocycles. The highest BCUT2D eigenvalue weighted by molar-refractivity contribution is 5.82. The van der Waals surface area contributed by atoms with Crippen LogP contribution in [-0.2, 0) is 18.0 Å². The summed E-state index contributed by atoms with van der Waals surface area (Å²) in [5, 5.41) is 10.0. The summed E-state index contributed by atoms with van der Waals surface area (Å²) in [5.74, 6) is 2.12. The zero-order valence-electron chi connectivity index (χ0n) is 20.5. The predicted molar refractivity (Wildman–Crippen MR) is 143 cm³/mol. The Balaban J connectivity index is 1.07. The Bertz CT molecular complexity index is 1450. The van der Waals surface area contributed by atoms with Gasteiger partial charge in [0.2, 0.25) is 5.82 Å². The summed E-state index contributed by atoms with van der Waals surface area (Å²) in [6.07, 6.45) is 1.15. The average Bonchev–Trinajstić information content (AvgIpc) is 3.45. The summed E-state index contributed by atoms with van der Waals surface area (Å²) in [6.45, 7) is 2.66. The molecule has 1 aliphatic rings. The number of rotatable bonds is 8. The lowest BCUT2D eigenvalue weighted by Gasteiger charge is -2.32. The molecule has 1 fully saturated rings. The molecule has 6 heteroatoms. The number of hydrogen-bond donors (Lipinski definition) is 1. The molecule has 1 saturated heterocycles. The van der Waals surface area contributed by atoms with Gasteiger partial charge in [0.15, 0.2) is 6.61 Å². The number of fused-ring (bicyclic) bond motifs is 1. The molecule has 0 radical (unpaired) electrons. The van der Waals surface area contributed by atoms with E-state index >= 15 is 0 Å². The Labute approximate surface area is 216 Å². The molecule has 1 N–H and O–H groups in total. The van der Waals surface area contributed by atoms with Crippen LogP contribution < -0.4 is 10.1 Å². The number of aromatic nitrogens is 2. The lowest BCUT2D eigenvalue weighted by Crippen LogP contribution is -2.40. The van der Waals surface area contributed by atoms with E-state index in [1.165, 1.54) is 21.9 Å². The van der Waals surface area contributed by atoms with Crippen molar-refractivity contribution in [3.05, 3.63) is 114 Å². The normalized spacial score (nSPS) is 17.6. The van der Waals surface area contributed by atoms with Gasteiger partial charge in [0.05, 0.1) is 12.7 Å². The largest absolute Gasteiger partial charge is 0.484 e. The van der Waals surface area contributed by atoms with Crippen molar-refractivity contribution in [2.24, 2.45) is 0 Å². The van der Waals surface area contributed by atoms with Gasteiger partial charge in [-0.3, -0.25) is 0 Å². The predicted octanol–water partition coefficient (Wildman–Crippen LogP) is 6.13. The smallest absolute Gasteiger partial charge is 0.264 e. The minimum absolute atomic E-state index is 0.113. The van der Waals surface area contributed by atoms with Crippen LogP contribution in [0.3, 0.4) is 0 Å². The van der Waals surface area contributed by atoms with Crippen LogP contribution in [0.1, 0.15) is 29.4 Å². The number of piperidine rings is 1. The van der Waals surface area contributed by atoms with Gasteiger partial charge in [0, 0.05) is 18.0 Å². The third-order valence-electron chi connectivity index (χ3n) is 6.88. The monoisotopic (exact) mass is 491 g/mol. The zero-order chi connectivity index (χ0) is 24.9. The maximum Gasteiger partial charge on any atom is 0.264 e. The Hall–Kier alpha value is -4.00. The molecule has 186 valence electrons. The second kappa shape index (κ2) is 10.9. The molecular weight excluding hydrogens is 462 g/mol. The lowest BCUT2D eigenvalue weighted by molar-refractivity contribution is 0.0106. The maximum absolute atomic E-state index is 6.44. The summed E-state index contributed by atoms with van der Waals surface area (Å²) in [5.41, 5.74) is 3.38. The topological polar surface area (TPSA) is 69.4 Å². The summed E-state index contributed by atoms with van der Waals surface area (Å²) >= 11 is 0. The number of ether oxygens (including phenoxy) is 2. The van der Waals surface area contributed by atoms with Gasteiger partial charge in [-0.15, -0.1) is 0 Å². The minimum Gasteiger partial charge on any atom is -0.484 e. The highest BCUT2D eigenvalue weighted by Gasteiger charge is 2.27. The fourth-order valence-corrected chi connectivity index (χ4v) is 4.89. The maximum atomic E-state index is 6.44. The number of benzene rings is 4. The van der Waals surface area contributed by atoms with E-state index in [1.54, 1.807) is 0 Å². The van der Waals surface area contributed by atoms with Crippen molar-refractivity contribution in [2.75, 3.05) is 13.1 Å². The molecule has 0 saturated carbocycles. The molecule has 1 aliphatic heterocycles. The third-order valence-corrected chi connectivity index (χ3v) is 6.88. The number of hydrogen-bond acceptors (Lipinski definition) is 6. The van der Waals surface area contributed by atoms with Gasteiger partial charge in [-0.05, 0) is 53.1 Å². The average molecular weight is 492 g/mol. The van der Waals surface area contributed by atoms with E-state index in [9.17, 15) is 0 Å². The van der Waals surface area contributed by atoms with Crippen LogP contribution in [0.15, 0.2) is 102 Å². The van der Waals surface area contributed by atoms with Gasteiger partial charge in [0.25, 0.3) is 5.89 Å². The van der Waals surface area contributed by atoms with Crippen LogP contribution >= 0.6 is 0 Å². The molecule has 37 heavy (non-hydrogen) atoms. The summed E-state index contributed by atoms with van der Waals surface area (Å²) in [4.78, 5) is 4.43. The Morgan fingerprint density at radius 1 is 0.838 bits per heavy atom.